The van der Waals surface area contributed by atoms with Gasteiger partial charge in [-0.1, -0.05) is 11.2 Å². The minimum absolute atomic E-state index is 0.151. The van der Waals surface area contributed by atoms with Gasteiger partial charge in [-0.05, 0) is 16.7 Å². The van der Waals surface area contributed by atoms with E-state index in [1.54, 1.807) is 17.5 Å². The molecule has 0 spiro atoms. The molecule has 5 nitrogen and oxygen atoms in total. The lowest BCUT2D eigenvalue weighted by Gasteiger charge is -1.98. The van der Waals surface area contributed by atoms with Gasteiger partial charge in [0, 0.05) is 6.07 Å². The van der Waals surface area contributed by atoms with Crippen molar-refractivity contribution in [3.63, 3.8) is 0 Å². The Morgan fingerprint density at radius 1 is 1.43 bits per heavy atom. The van der Waals surface area contributed by atoms with Gasteiger partial charge in [-0.2, -0.15) is 0 Å². The molecule has 6 heteroatoms. The number of esters is 1. The summed E-state index contributed by atoms with van der Waals surface area (Å²) >= 11 is 1.31. The molecular formula is C8H5N3O2S. The number of thiophene rings is 1. The standard InChI is InChI=1S/C8H5N3O2S/c12-8(6-2-1-5-14-6)13-7-3-4-9-11-10-7/h1-5H. The van der Waals surface area contributed by atoms with Crippen LogP contribution in [0.15, 0.2) is 29.8 Å². The van der Waals surface area contributed by atoms with E-state index in [9.17, 15) is 4.79 Å². The Morgan fingerprint density at radius 2 is 2.36 bits per heavy atom. The number of rotatable bonds is 2. The molecule has 0 fully saturated rings. The molecule has 0 atom stereocenters. The van der Waals surface area contributed by atoms with E-state index >= 15 is 0 Å². The summed E-state index contributed by atoms with van der Waals surface area (Å²) in [5.41, 5.74) is 0. The average molecular weight is 207 g/mol. The summed E-state index contributed by atoms with van der Waals surface area (Å²) in [5, 5.41) is 12.1. The van der Waals surface area contributed by atoms with Crippen molar-refractivity contribution >= 4 is 17.3 Å². The first kappa shape index (κ1) is 8.76. The zero-order valence-corrected chi connectivity index (χ0v) is 7.77. The second-order valence-corrected chi connectivity index (χ2v) is 3.27. The maximum atomic E-state index is 11.4. The van der Waals surface area contributed by atoms with Gasteiger partial charge in [0.1, 0.15) is 4.88 Å². The smallest absolute Gasteiger partial charge is 0.355 e. The Kier molecular flexibility index (Phi) is 2.46. The van der Waals surface area contributed by atoms with Gasteiger partial charge < -0.3 is 4.74 Å². The predicted octanol–water partition coefficient (Wildman–Crippen LogP) is 1.15. The van der Waals surface area contributed by atoms with Crippen molar-refractivity contribution < 1.29 is 9.53 Å². The minimum Gasteiger partial charge on any atom is -0.401 e. The predicted molar refractivity (Wildman–Crippen MR) is 49.1 cm³/mol. The van der Waals surface area contributed by atoms with E-state index < -0.39 is 5.97 Å². The summed E-state index contributed by atoms with van der Waals surface area (Å²) in [6, 6.07) is 4.93. The van der Waals surface area contributed by atoms with Crippen molar-refractivity contribution in [3.05, 3.63) is 34.7 Å². The minimum atomic E-state index is -0.430. The molecule has 0 amide bonds. The Bertz CT molecular complexity index is 415. The topological polar surface area (TPSA) is 65.0 Å². The third-order valence-corrected chi connectivity index (χ3v) is 2.25. The van der Waals surface area contributed by atoms with Gasteiger partial charge in [-0.3, -0.25) is 0 Å². The van der Waals surface area contributed by atoms with Crippen LogP contribution in [0.4, 0.5) is 0 Å². The maximum Gasteiger partial charge on any atom is 0.355 e. The monoisotopic (exact) mass is 207 g/mol. The van der Waals surface area contributed by atoms with Crippen LogP contribution in [0.25, 0.3) is 0 Å². The summed E-state index contributed by atoms with van der Waals surface area (Å²) in [6.07, 6.45) is 1.41. The zero-order valence-electron chi connectivity index (χ0n) is 6.95. The first-order valence-electron chi connectivity index (χ1n) is 3.76. The Morgan fingerprint density at radius 3 is 3.00 bits per heavy atom. The van der Waals surface area contributed by atoms with Gasteiger partial charge in [-0.15, -0.1) is 16.4 Å². The first-order chi connectivity index (χ1) is 6.86. The maximum absolute atomic E-state index is 11.4. The van der Waals surface area contributed by atoms with Crippen LogP contribution in [0.2, 0.25) is 0 Å². The van der Waals surface area contributed by atoms with Gasteiger partial charge in [0.15, 0.2) is 0 Å². The van der Waals surface area contributed by atoms with E-state index in [1.165, 1.54) is 23.6 Å². The molecule has 0 aliphatic rings. The third kappa shape index (κ3) is 1.91. The second kappa shape index (κ2) is 3.93. The highest BCUT2D eigenvalue weighted by molar-refractivity contribution is 7.12. The van der Waals surface area contributed by atoms with Crippen LogP contribution in [0.5, 0.6) is 5.88 Å². The van der Waals surface area contributed by atoms with Crippen LogP contribution in [0.1, 0.15) is 9.67 Å². The summed E-state index contributed by atoms with van der Waals surface area (Å²) in [4.78, 5) is 11.9. The summed E-state index contributed by atoms with van der Waals surface area (Å²) in [6.45, 7) is 0. The molecule has 2 rings (SSSR count). The molecule has 2 heterocycles. The molecule has 0 N–H and O–H groups in total. The highest BCUT2D eigenvalue weighted by atomic mass is 32.1. The Balaban J connectivity index is 2.10. The largest absolute Gasteiger partial charge is 0.401 e. The number of carbonyl (C=O) groups excluding carboxylic acids is 1. The van der Waals surface area contributed by atoms with Gasteiger partial charge in [0.2, 0.25) is 5.88 Å². The van der Waals surface area contributed by atoms with Crippen LogP contribution in [-0.4, -0.2) is 21.4 Å². The van der Waals surface area contributed by atoms with E-state index in [1.807, 2.05) is 0 Å². The summed E-state index contributed by atoms with van der Waals surface area (Å²) < 4.78 is 4.92. The molecule has 2 aromatic heterocycles. The first-order valence-corrected chi connectivity index (χ1v) is 4.64. The fraction of sp³-hybridized carbons (Fsp3) is 0. The van der Waals surface area contributed by atoms with Crippen LogP contribution < -0.4 is 4.74 Å². The number of hydrogen-bond donors (Lipinski definition) is 0. The third-order valence-electron chi connectivity index (χ3n) is 1.40. The molecule has 0 radical (unpaired) electrons. The number of aromatic nitrogens is 3. The summed E-state index contributed by atoms with van der Waals surface area (Å²) in [7, 11) is 0. The Labute approximate surface area is 83.4 Å². The van der Waals surface area contributed by atoms with Crippen molar-refractivity contribution in [2.24, 2.45) is 0 Å². The molecular weight excluding hydrogens is 202 g/mol. The molecule has 0 aliphatic carbocycles. The quantitative estimate of drug-likeness (QED) is 0.691. The molecule has 0 aliphatic heterocycles. The second-order valence-electron chi connectivity index (χ2n) is 2.33. The van der Waals surface area contributed by atoms with Crippen molar-refractivity contribution in [1.82, 2.24) is 15.4 Å². The molecule has 0 saturated heterocycles. The molecule has 0 aromatic carbocycles. The molecule has 14 heavy (non-hydrogen) atoms. The van der Waals surface area contributed by atoms with Crippen LogP contribution in [0, 0.1) is 0 Å². The van der Waals surface area contributed by atoms with Crippen LogP contribution >= 0.6 is 11.3 Å². The number of nitrogens with zero attached hydrogens (tertiary/aromatic N) is 3. The highest BCUT2D eigenvalue weighted by Crippen LogP contribution is 2.11. The Hall–Kier alpha value is -1.82. The average Bonchev–Trinajstić information content (AvgIpc) is 2.72. The fourth-order valence-electron chi connectivity index (χ4n) is 0.825. The zero-order chi connectivity index (χ0) is 9.80. The van der Waals surface area contributed by atoms with Crippen molar-refractivity contribution in [2.45, 2.75) is 0 Å². The van der Waals surface area contributed by atoms with Gasteiger partial charge in [0.25, 0.3) is 0 Å². The van der Waals surface area contributed by atoms with Crippen LogP contribution in [0.3, 0.4) is 0 Å². The van der Waals surface area contributed by atoms with Gasteiger partial charge in [0.05, 0.1) is 6.20 Å². The molecule has 70 valence electrons. The molecule has 0 unspecified atom stereocenters. The van der Waals surface area contributed by atoms with Crippen molar-refractivity contribution in [1.29, 1.82) is 0 Å². The summed E-state index contributed by atoms with van der Waals surface area (Å²) in [5.74, 6) is -0.279. The van der Waals surface area contributed by atoms with E-state index in [4.69, 9.17) is 4.74 Å². The lowest BCUT2D eigenvalue weighted by atomic mass is 10.5. The highest BCUT2D eigenvalue weighted by Gasteiger charge is 2.09. The molecule has 0 saturated carbocycles. The van der Waals surface area contributed by atoms with Crippen molar-refractivity contribution in [3.8, 4) is 5.88 Å². The van der Waals surface area contributed by atoms with Gasteiger partial charge >= 0.3 is 5.97 Å². The lowest BCUT2D eigenvalue weighted by molar-refractivity contribution is 0.0730. The number of carbonyl (C=O) groups is 1. The normalized spacial score (nSPS) is 9.71. The number of hydrogen-bond acceptors (Lipinski definition) is 6. The lowest BCUT2D eigenvalue weighted by Crippen LogP contribution is -2.08. The SMILES string of the molecule is O=C(Oc1ccnnn1)c1cccs1. The van der Waals surface area contributed by atoms with Crippen molar-refractivity contribution in [2.75, 3.05) is 0 Å². The van der Waals surface area contributed by atoms with Gasteiger partial charge in [-0.25, -0.2) is 4.79 Å². The molecule has 2 aromatic rings. The fourth-order valence-corrected chi connectivity index (χ4v) is 1.42. The van der Waals surface area contributed by atoms with E-state index in [0.717, 1.165) is 0 Å². The van der Waals surface area contributed by atoms with Crippen LogP contribution in [-0.2, 0) is 0 Å². The van der Waals surface area contributed by atoms with E-state index in [-0.39, 0.29) is 5.88 Å². The van der Waals surface area contributed by atoms with E-state index in [2.05, 4.69) is 15.4 Å². The van der Waals surface area contributed by atoms with E-state index in [0.29, 0.717) is 4.88 Å². The molecule has 0 bridgehead atoms. The number of ether oxygens (including phenoxy) is 1.